The van der Waals surface area contributed by atoms with E-state index in [1.165, 1.54) is 10.8 Å². The number of fused-ring (bicyclic) bond motifs is 2. The second kappa shape index (κ2) is 6.64. The van der Waals surface area contributed by atoms with E-state index in [9.17, 15) is 4.79 Å². The van der Waals surface area contributed by atoms with Crippen molar-refractivity contribution >= 4 is 28.1 Å². The summed E-state index contributed by atoms with van der Waals surface area (Å²) in [5, 5.41) is 2.40. The van der Waals surface area contributed by atoms with Gasteiger partial charge in [0.25, 0.3) is 0 Å². The Morgan fingerprint density at radius 2 is 1.47 bits per heavy atom. The third kappa shape index (κ3) is 3.38. The van der Waals surface area contributed by atoms with Crippen LogP contribution in [0.15, 0.2) is 54.6 Å². The fourth-order valence-corrected chi connectivity index (χ4v) is 1.84. The van der Waals surface area contributed by atoms with Crippen LogP contribution in [0.3, 0.4) is 0 Å². The third-order valence-corrected chi connectivity index (χ3v) is 2.83. The number of nitrogens with zero attached hydrogens (tertiary/aromatic N) is 1. The maximum absolute atomic E-state index is 9.40. The molecule has 3 aromatic rings. The molecule has 0 N–H and O–H groups in total. The van der Waals surface area contributed by atoms with Crippen LogP contribution in [0.1, 0.15) is 19.8 Å². The number of unbranched alkanes of at least 4 members (excludes halogenated alkanes) is 1. The number of aromatic nitrogens is 1. The molecule has 0 amide bonds. The van der Waals surface area contributed by atoms with Gasteiger partial charge in [0.15, 0.2) is 0 Å². The number of benzene rings is 2. The zero-order valence-electron chi connectivity index (χ0n) is 11.0. The fraction of sp³-hybridized carbons (Fsp3) is 0.176. The summed E-state index contributed by atoms with van der Waals surface area (Å²) < 4.78 is 0. The van der Waals surface area contributed by atoms with Crippen LogP contribution in [0.2, 0.25) is 0 Å². The Bertz CT molecular complexity index is 571. The van der Waals surface area contributed by atoms with Crippen LogP contribution < -0.4 is 0 Å². The molecule has 2 heteroatoms. The number of para-hydroxylation sites is 2. The van der Waals surface area contributed by atoms with E-state index in [1.54, 1.807) is 0 Å². The fourth-order valence-electron chi connectivity index (χ4n) is 1.84. The lowest BCUT2D eigenvalue weighted by Gasteiger charge is -1.99. The summed E-state index contributed by atoms with van der Waals surface area (Å²) >= 11 is 0. The van der Waals surface area contributed by atoms with Gasteiger partial charge in [0.2, 0.25) is 0 Å². The van der Waals surface area contributed by atoms with Gasteiger partial charge in [0.05, 0.1) is 11.0 Å². The first-order valence-corrected chi connectivity index (χ1v) is 6.53. The van der Waals surface area contributed by atoms with Crippen LogP contribution in [0.4, 0.5) is 0 Å². The summed E-state index contributed by atoms with van der Waals surface area (Å²) in [6.07, 6.45) is 2.61. The number of hydrogen-bond acceptors (Lipinski definition) is 2. The highest BCUT2D eigenvalue weighted by Gasteiger charge is 1.96. The average molecular weight is 251 g/mol. The second-order valence-electron chi connectivity index (χ2n) is 4.33. The van der Waals surface area contributed by atoms with E-state index in [1.807, 2.05) is 43.3 Å². The SMILES string of the molecule is CCCC=O.c1ccc2nc3ccccc3cc2c1. The maximum Gasteiger partial charge on any atom is 0.119 e. The van der Waals surface area contributed by atoms with E-state index < -0.39 is 0 Å². The highest BCUT2D eigenvalue weighted by molar-refractivity contribution is 5.92. The number of aldehydes is 1. The van der Waals surface area contributed by atoms with E-state index in [-0.39, 0.29) is 0 Å². The third-order valence-electron chi connectivity index (χ3n) is 2.83. The van der Waals surface area contributed by atoms with Crippen molar-refractivity contribution in [1.29, 1.82) is 0 Å². The molecule has 3 rings (SSSR count). The Balaban J connectivity index is 0.000000232. The number of hydrogen-bond donors (Lipinski definition) is 0. The van der Waals surface area contributed by atoms with E-state index in [2.05, 4.69) is 23.2 Å². The van der Waals surface area contributed by atoms with Crippen molar-refractivity contribution in [1.82, 2.24) is 4.98 Å². The van der Waals surface area contributed by atoms with E-state index in [0.29, 0.717) is 6.42 Å². The van der Waals surface area contributed by atoms with Gasteiger partial charge in [-0.3, -0.25) is 0 Å². The minimum atomic E-state index is 0.708. The molecule has 0 saturated carbocycles. The van der Waals surface area contributed by atoms with Gasteiger partial charge in [-0.2, -0.15) is 0 Å². The first-order valence-electron chi connectivity index (χ1n) is 6.53. The Morgan fingerprint density at radius 3 is 1.89 bits per heavy atom. The van der Waals surface area contributed by atoms with Crippen LogP contribution in [0.25, 0.3) is 21.8 Å². The van der Waals surface area contributed by atoms with Gasteiger partial charge in [-0.25, -0.2) is 4.98 Å². The number of carbonyl (C=O) groups is 1. The summed E-state index contributed by atoms with van der Waals surface area (Å²) in [6.45, 7) is 1.98. The zero-order chi connectivity index (χ0) is 13.5. The normalized spacial score (nSPS) is 9.95. The van der Waals surface area contributed by atoms with E-state index in [0.717, 1.165) is 23.7 Å². The molecule has 0 aliphatic rings. The smallest absolute Gasteiger partial charge is 0.119 e. The zero-order valence-corrected chi connectivity index (χ0v) is 11.0. The summed E-state index contributed by atoms with van der Waals surface area (Å²) in [5.74, 6) is 0. The summed E-state index contributed by atoms with van der Waals surface area (Å²) in [5.41, 5.74) is 2.12. The van der Waals surface area contributed by atoms with Gasteiger partial charge in [0, 0.05) is 17.2 Å². The molecule has 1 aromatic heterocycles. The molecule has 0 fully saturated rings. The van der Waals surface area contributed by atoms with Crippen molar-refractivity contribution < 1.29 is 4.79 Å². The van der Waals surface area contributed by atoms with Gasteiger partial charge < -0.3 is 4.79 Å². The van der Waals surface area contributed by atoms with Gasteiger partial charge in [-0.05, 0) is 24.6 Å². The molecule has 0 bridgehead atoms. The molecule has 0 radical (unpaired) electrons. The molecule has 1 heterocycles. The van der Waals surface area contributed by atoms with Gasteiger partial charge in [0.1, 0.15) is 6.29 Å². The molecule has 0 aliphatic heterocycles. The summed E-state index contributed by atoms with van der Waals surface area (Å²) in [4.78, 5) is 14.0. The molecular weight excluding hydrogens is 234 g/mol. The van der Waals surface area contributed by atoms with Crippen LogP contribution >= 0.6 is 0 Å². The predicted molar refractivity (Wildman–Crippen MR) is 80.2 cm³/mol. The highest BCUT2D eigenvalue weighted by Crippen LogP contribution is 2.18. The minimum absolute atomic E-state index is 0.708. The first kappa shape index (κ1) is 13.2. The summed E-state index contributed by atoms with van der Waals surface area (Å²) in [7, 11) is 0. The predicted octanol–water partition coefficient (Wildman–Crippen LogP) is 4.37. The Labute approximate surface area is 113 Å². The van der Waals surface area contributed by atoms with Crippen LogP contribution in [0, 0.1) is 0 Å². The van der Waals surface area contributed by atoms with Gasteiger partial charge in [-0.15, -0.1) is 0 Å². The topological polar surface area (TPSA) is 30.0 Å². The molecule has 96 valence electrons. The lowest BCUT2D eigenvalue weighted by atomic mass is 10.1. The minimum Gasteiger partial charge on any atom is -0.303 e. The molecule has 0 saturated heterocycles. The largest absolute Gasteiger partial charge is 0.303 e. The maximum atomic E-state index is 9.40. The molecule has 0 atom stereocenters. The van der Waals surface area contributed by atoms with Crippen molar-refractivity contribution in [2.24, 2.45) is 0 Å². The van der Waals surface area contributed by atoms with Gasteiger partial charge >= 0.3 is 0 Å². The number of carbonyl (C=O) groups excluding carboxylic acids is 1. The highest BCUT2D eigenvalue weighted by atomic mass is 16.1. The number of rotatable bonds is 2. The van der Waals surface area contributed by atoms with E-state index >= 15 is 0 Å². The van der Waals surface area contributed by atoms with Crippen molar-refractivity contribution in [3.8, 4) is 0 Å². The standard InChI is InChI=1S/C13H9N.C4H8O/c1-3-7-12-10(5-1)9-11-6-2-4-8-13(11)14-12;1-2-3-4-5/h1-9H;4H,2-3H2,1H3. The number of pyridine rings is 1. The Hall–Kier alpha value is -2.22. The Kier molecular flexibility index (Phi) is 4.62. The van der Waals surface area contributed by atoms with Crippen LogP contribution in [0.5, 0.6) is 0 Å². The lowest BCUT2D eigenvalue weighted by Crippen LogP contribution is -1.80. The molecular formula is C17H17NO. The van der Waals surface area contributed by atoms with Crippen LogP contribution in [-0.2, 0) is 4.79 Å². The van der Waals surface area contributed by atoms with Gasteiger partial charge in [-0.1, -0.05) is 43.3 Å². The molecule has 0 aliphatic carbocycles. The van der Waals surface area contributed by atoms with E-state index in [4.69, 9.17) is 0 Å². The van der Waals surface area contributed by atoms with Crippen molar-refractivity contribution in [3.05, 3.63) is 54.6 Å². The molecule has 19 heavy (non-hydrogen) atoms. The summed E-state index contributed by atoms with van der Waals surface area (Å²) in [6, 6.07) is 18.6. The average Bonchev–Trinajstić information content (AvgIpc) is 2.46. The van der Waals surface area contributed by atoms with Crippen molar-refractivity contribution in [2.75, 3.05) is 0 Å². The van der Waals surface area contributed by atoms with Crippen LogP contribution in [-0.4, -0.2) is 11.3 Å². The molecule has 2 aromatic carbocycles. The van der Waals surface area contributed by atoms with Crippen molar-refractivity contribution in [3.63, 3.8) is 0 Å². The second-order valence-corrected chi connectivity index (χ2v) is 4.33. The monoisotopic (exact) mass is 251 g/mol. The molecule has 2 nitrogen and oxygen atoms in total. The molecule has 0 unspecified atom stereocenters. The van der Waals surface area contributed by atoms with Crippen molar-refractivity contribution in [2.45, 2.75) is 19.8 Å². The first-order chi connectivity index (χ1) is 9.35. The Morgan fingerprint density at radius 1 is 0.947 bits per heavy atom. The molecule has 0 spiro atoms. The lowest BCUT2D eigenvalue weighted by molar-refractivity contribution is -0.107. The quantitative estimate of drug-likeness (QED) is 0.500.